The van der Waals surface area contributed by atoms with Crippen LogP contribution < -0.4 is 32.0 Å². The molecule has 2 atom stereocenters. The monoisotopic (exact) mass is 1760 g/mol. The van der Waals surface area contributed by atoms with Gasteiger partial charge < -0.3 is 30.7 Å². The van der Waals surface area contributed by atoms with Crippen LogP contribution in [0.4, 0.5) is 5.69 Å². The van der Waals surface area contributed by atoms with Crippen LogP contribution in [-0.4, -0.2) is 166 Å². The number of amides is 3. The van der Waals surface area contributed by atoms with Gasteiger partial charge in [0.15, 0.2) is 23.1 Å². The summed E-state index contributed by atoms with van der Waals surface area (Å²) >= 11 is 0. The van der Waals surface area contributed by atoms with Crippen molar-refractivity contribution in [3.63, 3.8) is 0 Å². The number of nitrogens with zero attached hydrogens (tertiary/aromatic N) is 7. The highest BCUT2D eigenvalue weighted by molar-refractivity contribution is 6.11. The summed E-state index contributed by atoms with van der Waals surface area (Å²) in [6.45, 7) is 43.1. The average molecular weight is 1760 g/mol. The smallest absolute Gasteiger partial charge is 0.249 e. The normalized spacial score (nSPS) is 21.9. The summed E-state index contributed by atoms with van der Waals surface area (Å²) in [5, 5.41) is 30.5. The fourth-order valence-corrected chi connectivity index (χ4v) is 22.9. The second kappa shape index (κ2) is 44.9. The molecular weight excluding hydrogens is 1620 g/mol. The average Bonchev–Trinajstić information content (AvgIpc) is 1.69. The van der Waals surface area contributed by atoms with Crippen molar-refractivity contribution in [2.75, 3.05) is 84.2 Å². The number of ether oxygens (including phenoxy) is 1. The Balaban J connectivity index is 0.000000205. The first-order chi connectivity index (χ1) is 63.0. The lowest BCUT2D eigenvalue weighted by atomic mass is 9.51. The van der Waals surface area contributed by atoms with Crippen LogP contribution in [-0.2, 0) is 48.2 Å². The number of ketones is 4. The maximum Gasteiger partial charge on any atom is 0.249 e. The number of allylic oxidation sites excluding steroid dienone is 9. The molecule has 2 aromatic heterocycles. The van der Waals surface area contributed by atoms with E-state index < -0.39 is 6.04 Å². The van der Waals surface area contributed by atoms with Crippen LogP contribution in [0.5, 0.6) is 0 Å². The number of imide groups is 1. The Morgan fingerprint density at radius 2 is 1.14 bits per heavy atom. The number of benzene rings is 5. The first-order valence-electron chi connectivity index (χ1n) is 49.3. The summed E-state index contributed by atoms with van der Waals surface area (Å²) in [7, 11) is 0. The van der Waals surface area contributed by atoms with Crippen LogP contribution in [0.15, 0.2) is 155 Å². The number of aryl methyl sites for hydroxylation is 1. The number of nitrogens with one attached hydrogen (secondary N) is 5. The van der Waals surface area contributed by atoms with Crippen LogP contribution in [0.3, 0.4) is 0 Å². The molecule has 5 heterocycles. The first kappa shape index (κ1) is 96.0. The number of hydrogen-bond donors (Lipinski definition) is 5. The Bertz CT molecular complexity index is 5490. The van der Waals surface area contributed by atoms with Gasteiger partial charge >= 0.3 is 0 Å². The number of piperidine rings is 1. The molecule has 6 saturated carbocycles. The summed E-state index contributed by atoms with van der Waals surface area (Å²) in [5.74, 6) is 5.20. The molecule has 3 aliphatic heterocycles. The van der Waals surface area contributed by atoms with E-state index in [1.807, 2.05) is 90.4 Å². The number of hydrogen-bond acceptors (Lipinski definition) is 16. The Labute approximate surface area is 771 Å². The molecule has 20 nitrogen and oxygen atoms in total. The van der Waals surface area contributed by atoms with Crippen LogP contribution in [0.1, 0.15) is 271 Å². The molecule has 4 bridgehead atoms. The molecule has 3 amide bonds. The highest BCUT2D eigenvalue weighted by Crippen LogP contribution is 2.58. The lowest BCUT2D eigenvalue weighted by Gasteiger charge is -2.55. The van der Waals surface area contributed by atoms with E-state index in [1.54, 1.807) is 0 Å². The lowest BCUT2D eigenvalue weighted by Crippen LogP contribution is -2.49. The highest BCUT2D eigenvalue weighted by Gasteiger charge is 2.48. The van der Waals surface area contributed by atoms with Gasteiger partial charge in [-0.05, 0) is 245 Å². The number of anilines is 1. The third-order valence-electron chi connectivity index (χ3n) is 29.7. The van der Waals surface area contributed by atoms with Gasteiger partial charge in [-0.3, -0.25) is 63.2 Å². The largest absolute Gasteiger partial charge is 0.382 e. The molecule has 0 radical (unpaired) electrons. The molecule has 130 heavy (non-hydrogen) atoms. The van der Waals surface area contributed by atoms with Crippen molar-refractivity contribution < 1.29 is 38.3 Å². The van der Waals surface area contributed by atoms with E-state index in [4.69, 9.17) is 15.2 Å². The van der Waals surface area contributed by atoms with Crippen LogP contribution in [0.25, 0.3) is 57.1 Å². The van der Waals surface area contributed by atoms with Gasteiger partial charge in [-0.15, -0.1) is 0 Å². The van der Waals surface area contributed by atoms with Crippen LogP contribution >= 0.6 is 0 Å². The van der Waals surface area contributed by atoms with Crippen molar-refractivity contribution in [1.82, 2.24) is 49.9 Å². The molecule has 7 aromatic rings. The molecule has 20 heteroatoms. The van der Waals surface area contributed by atoms with Gasteiger partial charge in [0.05, 0.1) is 37.7 Å². The minimum absolute atomic E-state index is 0.0384. The Morgan fingerprint density at radius 3 is 1.70 bits per heavy atom. The zero-order valence-electron chi connectivity index (χ0n) is 79.3. The van der Waals surface area contributed by atoms with Gasteiger partial charge in [0, 0.05) is 178 Å². The fraction of sp³-hybridized carbons (Fsp3) is 0.518. The molecule has 5 aromatic carbocycles. The maximum absolute atomic E-state index is 14.0. The molecule has 692 valence electrons. The minimum atomic E-state index is -0.513. The Kier molecular flexibility index (Phi) is 33.1. The number of rotatable bonds is 34. The Hall–Kier alpha value is -10.1. The third-order valence-corrected chi connectivity index (χ3v) is 29.7. The zero-order chi connectivity index (χ0) is 91.8. The molecule has 3 saturated heterocycles. The predicted molar refractivity (Wildman–Crippen MR) is 526 cm³/mol. The van der Waals surface area contributed by atoms with Crippen molar-refractivity contribution in [3.05, 3.63) is 199 Å². The minimum Gasteiger partial charge on any atom is -0.382 e. The van der Waals surface area contributed by atoms with Gasteiger partial charge in [0.2, 0.25) is 17.7 Å². The van der Waals surface area contributed by atoms with Gasteiger partial charge in [-0.25, -0.2) is 0 Å². The summed E-state index contributed by atoms with van der Waals surface area (Å²) in [4.78, 5) is 101. The quantitative estimate of drug-likeness (QED) is 0.0109. The summed E-state index contributed by atoms with van der Waals surface area (Å²) in [6, 6.07) is 32.0. The second-order valence-electron chi connectivity index (χ2n) is 38.7. The SMILES string of the molecule is C=C(NCN1CCN(Cc2ccc(-c3cc(C(=O)CCC4=C(C)C=C(C)CC4=O)c4cnn(C5CCCC5)c4c3)cc2)CC1)C(C)CC1C2CC3CC(C2)CC1C3.C=c1c2cccc(CCCOCCC(=O)NCN3CCN(Cc4ccc(-c5cc(NC6CCCC6)c(C=N)c(C(=O)CCC6=C(C)C=C(C)CC6=O)c5)cc4)CC3)c2c(=C)n1C1CCC(=O)NC1=O.CC.CC. The van der Waals surface area contributed by atoms with Gasteiger partial charge in [0.1, 0.15) is 6.04 Å². The summed E-state index contributed by atoms with van der Waals surface area (Å²) in [5.41, 5.74) is 18.2. The predicted octanol–water partition coefficient (Wildman–Crippen LogP) is 19.2. The molecule has 8 aliphatic carbocycles. The van der Waals surface area contributed by atoms with Gasteiger partial charge in [-0.2, -0.15) is 5.10 Å². The van der Waals surface area contributed by atoms with E-state index in [0.29, 0.717) is 87.5 Å². The fourth-order valence-electron chi connectivity index (χ4n) is 22.9. The van der Waals surface area contributed by atoms with Crippen LogP contribution in [0.2, 0.25) is 0 Å². The van der Waals surface area contributed by atoms with E-state index in [0.717, 1.165) is 258 Å². The zero-order valence-corrected chi connectivity index (χ0v) is 79.3. The Morgan fingerprint density at radius 1 is 0.600 bits per heavy atom. The standard InChI is InChI=1S/C56H67N7O6.C50H65N5O2.2C2H6/c1-36-29-37(2)45(52(65)30-36)18-20-51(64)47-31-43(32-49(48(47)33-57)59-44-11-5-6-12-44)41-16-14-40(15-17-41)34-61-23-25-62(26-24-61)35-58-53(66)22-28-69-27-8-10-42-9-7-13-46-38(3)63(39(4)55(42)46)50-19-21-54(67)60-56(50)68;1-32-19-34(3)44(50(57)20-32)13-14-49(56)46-27-40(28-48-47(46)29-52-55(48)43-7-5-6-8-43)39-11-9-36(10-12-39)30-53-15-17-54(18-16-53)31-51-35(4)33(2)21-45-41-23-37-22-38(25-41)26-42(45)24-37;2*1-2/h7,9,13-17,29,31-33,44,50,57,59H,3-6,8,10-12,18-28,30,34-35H2,1-2H3,(H,58,66)(H,60,67,68);9-12,19,27-29,33,37-38,41-43,45,51H,4-8,13-18,20-26,30-31H2,1-3H3;2*1-2H3. The first-order valence-corrected chi connectivity index (χ1v) is 49.3. The number of aromatic nitrogens is 3. The molecule has 0 spiro atoms. The topological polar surface area (TPSA) is 236 Å². The number of carbonyl (C=O) groups is 7. The van der Waals surface area contributed by atoms with Crippen LogP contribution in [0, 0.1) is 40.9 Å². The molecule has 2 unspecified atom stereocenters. The molecule has 11 aliphatic rings. The highest BCUT2D eigenvalue weighted by atomic mass is 16.5. The number of Topliss-reactive ketones (excluding diaryl/α,β-unsaturated/α-hetero) is 4. The number of piperazine rings is 2. The maximum atomic E-state index is 14.0. The van der Waals surface area contributed by atoms with E-state index >= 15 is 0 Å². The van der Waals surface area contributed by atoms with Gasteiger partial charge in [-0.1, -0.05) is 170 Å². The van der Waals surface area contributed by atoms with Gasteiger partial charge in [0.25, 0.3) is 0 Å². The van der Waals surface area contributed by atoms with Crippen molar-refractivity contribution in [2.45, 2.75) is 254 Å². The number of carbonyl (C=O) groups excluding carboxylic acids is 7. The summed E-state index contributed by atoms with van der Waals surface area (Å²) in [6.07, 6.45) is 30.1. The third kappa shape index (κ3) is 23.3. The van der Waals surface area contributed by atoms with Crippen molar-refractivity contribution in [1.29, 1.82) is 5.41 Å². The molecule has 5 N–H and O–H groups in total. The molecule has 9 fully saturated rings. The van der Waals surface area contributed by atoms with E-state index in [1.165, 1.54) is 74.4 Å². The summed E-state index contributed by atoms with van der Waals surface area (Å²) < 4.78 is 9.91. The molecular formula is C110H144N12O8. The second-order valence-corrected chi connectivity index (χ2v) is 38.7. The lowest BCUT2D eigenvalue weighted by molar-refractivity contribution is -0.136. The number of fused-ring (bicyclic) bond motifs is 2. The van der Waals surface area contributed by atoms with Crippen molar-refractivity contribution in [2.24, 2.45) is 35.5 Å². The van der Waals surface area contributed by atoms with Crippen molar-refractivity contribution in [3.8, 4) is 22.3 Å². The van der Waals surface area contributed by atoms with E-state index in [2.05, 4.69) is 151 Å². The van der Waals surface area contributed by atoms with E-state index in [9.17, 15) is 33.6 Å². The van der Waals surface area contributed by atoms with E-state index in [-0.39, 0.29) is 60.1 Å². The van der Waals surface area contributed by atoms with Crippen molar-refractivity contribution >= 4 is 87.6 Å². The molecule has 18 rings (SSSR count).